The highest BCUT2D eigenvalue weighted by molar-refractivity contribution is 9.09. The minimum absolute atomic E-state index is 0.0554. The molecule has 0 radical (unpaired) electrons. The molecular weight excluding hydrogens is 354 g/mol. The normalized spacial score (nSPS) is 12.4. The summed E-state index contributed by atoms with van der Waals surface area (Å²) < 4.78 is 20.9. The van der Waals surface area contributed by atoms with Crippen LogP contribution in [-0.4, -0.2) is 43.4 Å². The maximum absolute atomic E-state index is 11.8. The van der Waals surface area contributed by atoms with Crippen LogP contribution in [0.4, 0.5) is 0 Å². The number of carbonyl (C=O) groups excluding carboxylic acids is 1. The van der Waals surface area contributed by atoms with Gasteiger partial charge in [0.05, 0.1) is 20.3 Å². The largest absolute Gasteiger partial charge is 0.476 e. The highest BCUT2D eigenvalue weighted by Gasteiger charge is 2.29. The Morgan fingerprint density at radius 1 is 1.32 bits per heavy atom. The van der Waals surface area contributed by atoms with Crippen LogP contribution in [0.5, 0.6) is 5.88 Å². The van der Waals surface area contributed by atoms with E-state index in [0.29, 0.717) is 18.2 Å². The molecule has 0 saturated heterocycles. The third kappa shape index (κ3) is 6.36. The predicted octanol–water partition coefficient (Wildman–Crippen LogP) is 3.16. The number of methoxy groups -OCH3 is 1. The molecule has 7 heteroatoms. The lowest BCUT2D eigenvalue weighted by Gasteiger charge is -2.14. The molecule has 0 saturated carbocycles. The average molecular weight is 378 g/mol. The van der Waals surface area contributed by atoms with Crippen molar-refractivity contribution in [1.82, 2.24) is 5.16 Å². The molecule has 6 nitrogen and oxygen atoms in total. The summed E-state index contributed by atoms with van der Waals surface area (Å²) >= 11 is 3.30. The SMILES string of the molecule is COC(=O)C(c1cc(OCCCCOCCBr)no1)C(C)C. The molecule has 1 aromatic heterocycles. The molecule has 0 aliphatic carbocycles. The molecule has 22 heavy (non-hydrogen) atoms. The molecule has 1 unspecified atom stereocenters. The molecule has 0 spiro atoms. The Morgan fingerprint density at radius 2 is 2.05 bits per heavy atom. The Bertz CT molecular complexity index is 435. The fourth-order valence-corrected chi connectivity index (χ4v) is 2.20. The van der Waals surface area contributed by atoms with Crippen molar-refractivity contribution in [2.24, 2.45) is 5.92 Å². The lowest BCUT2D eigenvalue weighted by molar-refractivity contribution is -0.144. The van der Waals surface area contributed by atoms with Gasteiger partial charge in [0, 0.05) is 18.0 Å². The Morgan fingerprint density at radius 3 is 2.68 bits per heavy atom. The van der Waals surface area contributed by atoms with Gasteiger partial charge < -0.3 is 18.7 Å². The number of carbonyl (C=O) groups is 1. The molecule has 1 atom stereocenters. The van der Waals surface area contributed by atoms with Gasteiger partial charge >= 0.3 is 5.97 Å². The number of esters is 1. The molecule has 0 aliphatic heterocycles. The molecule has 1 aromatic rings. The molecule has 0 aliphatic rings. The van der Waals surface area contributed by atoms with Gasteiger partial charge in [-0.1, -0.05) is 29.8 Å². The van der Waals surface area contributed by atoms with E-state index in [9.17, 15) is 4.79 Å². The molecular formula is C15H24BrNO5. The van der Waals surface area contributed by atoms with Crippen molar-refractivity contribution in [1.29, 1.82) is 0 Å². The number of aromatic nitrogens is 1. The number of hydrogen-bond acceptors (Lipinski definition) is 6. The van der Waals surface area contributed by atoms with E-state index in [2.05, 4.69) is 21.1 Å². The van der Waals surface area contributed by atoms with E-state index in [1.54, 1.807) is 6.07 Å². The summed E-state index contributed by atoms with van der Waals surface area (Å²) in [4.78, 5) is 11.8. The highest BCUT2D eigenvalue weighted by Crippen LogP contribution is 2.28. The fourth-order valence-electron chi connectivity index (χ4n) is 1.97. The van der Waals surface area contributed by atoms with Gasteiger partial charge in [-0.05, 0) is 23.9 Å². The molecule has 1 rings (SSSR count). The van der Waals surface area contributed by atoms with Gasteiger partial charge in [-0.25, -0.2) is 0 Å². The van der Waals surface area contributed by atoms with Gasteiger partial charge in [0.25, 0.3) is 5.88 Å². The van der Waals surface area contributed by atoms with Crippen LogP contribution in [0.25, 0.3) is 0 Å². The molecule has 126 valence electrons. The summed E-state index contributed by atoms with van der Waals surface area (Å²) in [6.45, 7) is 5.83. The number of halogens is 1. The van der Waals surface area contributed by atoms with Crippen LogP contribution in [0.1, 0.15) is 38.4 Å². The van der Waals surface area contributed by atoms with Gasteiger partial charge in [0.15, 0.2) is 5.76 Å². The van der Waals surface area contributed by atoms with E-state index < -0.39 is 5.92 Å². The third-order valence-electron chi connectivity index (χ3n) is 3.09. The van der Waals surface area contributed by atoms with Gasteiger partial charge in [-0.2, -0.15) is 0 Å². The second kappa shape index (κ2) is 10.6. The monoisotopic (exact) mass is 377 g/mol. The Balaban J connectivity index is 2.38. The van der Waals surface area contributed by atoms with Crippen molar-refractivity contribution < 1.29 is 23.5 Å². The van der Waals surface area contributed by atoms with E-state index in [1.165, 1.54) is 7.11 Å². The number of unbranched alkanes of at least 4 members (excludes halogenated alkanes) is 1. The van der Waals surface area contributed by atoms with Gasteiger partial charge in [-0.3, -0.25) is 4.79 Å². The lowest BCUT2D eigenvalue weighted by atomic mass is 9.93. The van der Waals surface area contributed by atoms with Crippen LogP contribution in [0.2, 0.25) is 0 Å². The number of nitrogens with zero attached hydrogens (tertiary/aromatic N) is 1. The molecule has 1 heterocycles. The van der Waals surface area contributed by atoms with E-state index >= 15 is 0 Å². The average Bonchev–Trinajstić information content (AvgIpc) is 2.94. The first kappa shape index (κ1) is 19.0. The van der Waals surface area contributed by atoms with Gasteiger partial charge in [0.2, 0.25) is 0 Å². The first-order valence-electron chi connectivity index (χ1n) is 7.41. The summed E-state index contributed by atoms with van der Waals surface area (Å²) in [6, 6.07) is 1.66. The van der Waals surface area contributed by atoms with Gasteiger partial charge in [-0.15, -0.1) is 0 Å². The van der Waals surface area contributed by atoms with Crippen molar-refractivity contribution in [3.05, 3.63) is 11.8 Å². The Hall–Kier alpha value is -1.08. The van der Waals surface area contributed by atoms with Crippen molar-refractivity contribution >= 4 is 21.9 Å². The second-order valence-corrected chi connectivity index (χ2v) is 5.96. The third-order valence-corrected chi connectivity index (χ3v) is 3.41. The smallest absolute Gasteiger partial charge is 0.316 e. The van der Waals surface area contributed by atoms with Crippen molar-refractivity contribution in [2.75, 3.05) is 32.3 Å². The minimum atomic E-state index is -0.465. The molecule has 0 bridgehead atoms. The number of hydrogen-bond donors (Lipinski definition) is 0. The maximum atomic E-state index is 11.8. The summed E-state index contributed by atoms with van der Waals surface area (Å²) in [5, 5.41) is 4.69. The predicted molar refractivity (Wildman–Crippen MR) is 85.4 cm³/mol. The first-order valence-corrected chi connectivity index (χ1v) is 8.53. The lowest BCUT2D eigenvalue weighted by Crippen LogP contribution is -2.19. The molecule has 0 fully saturated rings. The van der Waals surface area contributed by atoms with Crippen LogP contribution in [0.3, 0.4) is 0 Å². The summed E-state index contributed by atoms with van der Waals surface area (Å²) in [7, 11) is 1.36. The standard InChI is InChI=1S/C15H24BrNO5/c1-11(2)14(15(18)19-3)12-10-13(17-22-12)21-8-5-4-7-20-9-6-16/h10-11,14H,4-9H2,1-3H3. The number of rotatable bonds is 11. The maximum Gasteiger partial charge on any atom is 0.316 e. The van der Waals surface area contributed by atoms with E-state index in [-0.39, 0.29) is 11.9 Å². The van der Waals surface area contributed by atoms with E-state index in [4.69, 9.17) is 18.7 Å². The molecule has 0 amide bonds. The zero-order valence-electron chi connectivity index (χ0n) is 13.3. The van der Waals surface area contributed by atoms with Gasteiger partial charge in [0.1, 0.15) is 5.92 Å². The van der Waals surface area contributed by atoms with Crippen LogP contribution in [0.15, 0.2) is 10.6 Å². The summed E-state index contributed by atoms with van der Waals surface area (Å²) in [6.07, 6.45) is 1.80. The molecule has 0 N–H and O–H groups in total. The highest BCUT2D eigenvalue weighted by atomic mass is 79.9. The van der Waals surface area contributed by atoms with Crippen LogP contribution in [-0.2, 0) is 14.3 Å². The fraction of sp³-hybridized carbons (Fsp3) is 0.733. The number of ether oxygens (including phenoxy) is 3. The zero-order chi connectivity index (χ0) is 16.4. The van der Waals surface area contributed by atoms with Crippen LogP contribution >= 0.6 is 15.9 Å². The quantitative estimate of drug-likeness (QED) is 0.335. The second-order valence-electron chi connectivity index (χ2n) is 5.17. The van der Waals surface area contributed by atoms with Crippen molar-refractivity contribution in [3.63, 3.8) is 0 Å². The van der Waals surface area contributed by atoms with E-state index in [1.807, 2.05) is 13.8 Å². The van der Waals surface area contributed by atoms with Crippen molar-refractivity contribution in [2.45, 2.75) is 32.6 Å². The minimum Gasteiger partial charge on any atom is -0.476 e. The topological polar surface area (TPSA) is 70.8 Å². The molecule has 0 aromatic carbocycles. The first-order chi connectivity index (χ1) is 10.6. The summed E-state index contributed by atoms with van der Waals surface area (Å²) in [5.41, 5.74) is 0. The van der Waals surface area contributed by atoms with E-state index in [0.717, 1.165) is 31.4 Å². The zero-order valence-corrected chi connectivity index (χ0v) is 14.9. The Labute approximate surface area is 139 Å². The summed E-state index contributed by atoms with van der Waals surface area (Å²) in [5.74, 6) is 0.123. The van der Waals surface area contributed by atoms with Crippen LogP contribution in [0, 0.1) is 5.92 Å². The van der Waals surface area contributed by atoms with Crippen LogP contribution < -0.4 is 4.74 Å². The number of alkyl halides is 1. The van der Waals surface area contributed by atoms with Crippen molar-refractivity contribution in [3.8, 4) is 5.88 Å². The Kier molecular flexibility index (Phi) is 9.15.